The number of halogens is 2. The van der Waals surface area contributed by atoms with Gasteiger partial charge in [-0.1, -0.05) is 45.7 Å². The minimum Gasteiger partial charge on any atom is -0.335 e. The monoisotopic (exact) mass is 301 g/mol. The fourth-order valence-electron chi connectivity index (χ4n) is 2.03. The van der Waals surface area contributed by atoms with Gasteiger partial charge in [0.2, 0.25) is 5.91 Å². The zero-order valence-corrected chi connectivity index (χ0v) is 11.3. The van der Waals surface area contributed by atoms with Crippen LogP contribution in [0.25, 0.3) is 0 Å². The number of benzene rings is 1. The molecule has 1 aliphatic heterocycles. The molecule has 1 fully saturated rings. The van der Waals surface area contributed by atoms with Crippen LogP contribution in [0.1, 0.15) is 24.9 Å². The van der Waals surface area contributed by atoms with Crippen molar-refractivity contribution in [2.75, 3.05) is 6.54 Å². The molecule has 2 unspecified atom stereocenters. The van der Waals surface area contributed by atoms with E-state index >= 15 is 0 Å². The lowest BCUT2D eigenvalue weighted by Crippen LogP contribution is -2.30. The predicted octanol–water partition coefficient (Wildman–Crippen LogP) is 3.40. The Kier molecular flexibility index (Phi) is 3.55. The minimum atomic E-state index is -0.0302. The molecule has 1 aromatic carbocycles. The van der Waals surface area contributed by atoms with Crippen molar-refractivity contribution in [3.05, 3.63) is 34.9 Å². The average Bonchev–Trinajstić information content (AvgIpc) is 2.60. The Morgan fingerprint density at radius 2 is 2.19 bits per heavy atom. The summed E-state index contributed by atoms with van der Waals surface area (Å²) in [4.78, 5) is 13.7. The summed E-state index contributed by atoms with van der Waals surface area (Å²) < 4.78 is 0. The van der Waals surface area contributed by atoms with Crippen LogP contribution in [0.4, 0.5) is 0 Å². The second kappa shape index (κ2) is 4.76. The first-order valence-corrected chi connectivity index (χ1v) is 6.59. The van der Waals surface area contributed by atoms with Gasteiger partial charge in [-0.05, 0) is 25.0 Å². The number of hydrogen-bond acceptors (Lipinski definition) is 1. The van der Waals surface area contributed by atoms with Gasteiger partial charge in [-0.25, -0.2) is 0 Å². The summed E-state index contributed by atoms with van der Waals surface area (Å²) in [5, 5.41) is 0.723. The molecule has 1 heterocycles. The molecular formula is C12H13BrClNO. The molecule has 1 aromatic rings. The van der Waals surface area contributed by atoms with Gasteiger partial charge < -0.3 is 4.90 Å². The van der Waals surface area contributed by atoms with E-state index in [0.29, 0.717) is 0 Å². The van der Waals surface area contributed by atoms with Crippen molar-refractivity contribution in [2.45, 2.75) is 24.2 Å². The third-order valence-electron chi connectivity index (χ3n) is 3.00. The highest BCUT2D eigenvalue weighted by Crippen LogP contribution is 2.31. The van der Waals surface area contributed by atoms with Crippen molar-refractivity contribution >= 4 is 33.4 Å². The highest BCUT2D eigenvalue weighted by Gasteiger charge is 2.33. The Morgan fingerprint density at radius 1 is 1.50 bits per heavy atom. The molecule has 1 aliphatic rings. The fourth-order valence-corrected chi connectivity index (χ4v) is 2.79. The SMILES string of the molecule is CC(c1ccccc1Cl)N1CCC(Br)C1=O. The Morgan fingerprint density at radius 3 is 2.75 bits per heavy atom. The van der Waals surface area contributed by atoms with E-state index in [1.165, 1.54) is 0 Å². The van der Waals surface area contributed by atoms with Crippen molar-refractivity contribution in [3.8, 4) is 0 Å². The maximum absolute atomic E-state index is 11.9. The predicted molar refractivity (Wildman–Crippen MR) is 68.9 cm³/mol. The zero-order chi connectivity index (χ0) is 11.7. The van der Waals surface area contributed by atoms with E-state index < -0.39 is 0 Å². The largest absolute Gasteiger partial charge is 0.335 e. The van der Waals surface area contributed by atoms with E-state index in [9.17, 15) is 4.79 Å². The van der Waals surface area contributed by atoms with Gasteiger partial charge in [0.05, 0.1) is 10.9 Å². The van der Waals surface area contributed by atoms with Crippen LogP contribution in [0.2, 0.25) is 5.02 Å². The molecule has 2 nitrogen and oxygen atoms in total. The fraction of sp³-hybridized carbons (Fsp3) is 0.417. The number of likely N-dealkylation sites (tertiary alicyclic amines) is 1. The van der Waals surface area contributed by atoms with Gasteiger partial charge >= 0.3 is 0 Å². The molecule has 0 aromatic heterocycles. The van der Waals surface area contributed by atoms with Crippen LogP contribution >= 0.6 is 27.5 Å². The number of carbonyl (C=O) groups excluding carboxylic acids is 1. The number of hydrogen-bond donors (Lipinski definition) is 0. The lowest BCUT2D eigenvalue weighted by molar-refractivity contribution is -0.128. The Hall–Kier alpha value is -0.540. The zero-order valence-electron chi connectivity index (χ0n) is 8.99. The molecule has 1 amide bonds. The van der Waals surface area contributed by atoms with E-state index in [0.717, 1.165) is 23.6 Å². The number of alkyl halides is 1. The molecule has 4 heteroatoms. The van der Waals surface area contributed by atoms with Crippen LogP contribution in [0.15, 0.2) is 24.3 Å². The highest BCUT2D eigenvalue weighted by atomic mass is 79.9. The molecule has 0 spiro atoms. The van der Waals surface area contributed by atoms with E-state index in [4.69, 9.17) is 11.6 Å². The van der Waals surface area contributed by atoms with Gasteiger partial charge in [0.25, 0.3) is 0 Å². The number of carbonyl (C=O) groups is 1. The molecule has 0 N–H and O–H groups in total. The van der Waals surface area contributed by atoms with E-state index in [2.05, 4.69) is 15.9 Å². The van der Waals surface area contributed by atoms with Crippen molar-refractivity contribution in [1.82, 2.24) is 4.90 Å². The van der Waals surface area contributed by atoms with Crippen molar-refractivity contribution in [3.63, 3.8) is 0 Å². The summed E-state index contributed by atoms with van der Waals surface area (Å²) in [6.45, 7) is 2.81. The van der Waals surface area contributed by atoms with Gasteiger partial charge in [-0.2, -0.15) is 0 Å². The van der Waals surface area contributed by atoms with E-state index in [-0.39, 0.29) is 16.8 Å². The highest BCUT2D eigenvalue weighted by molar-refractivity contribution is 9.10. The molecular weight excluding hydrogens is 289 g/mol. The quantitative estimate of drug-likeness (QED) is 0.767. The topological polar surface area (TPSA) is 20.3 Å². The van der Waals surface area contributed by atoms with Gasteiger partial charge in [0.15, 0.2) is 0 Å². The van der Waals surface area contributed by atoms with Gasteiger partial charge in [-0.3, -0.25) is 4.79 Å². The van der Waals surface area contributed by atoms with Gasteiger partial charge in [0, 0.05) is 11.6 Å². The number of nitrogens with zero attached hydrogens (tertiary/aromatic N) is 1. The van der Waals surface area contributed by atoms with Crippen LogP contribution in [0.3, 0.4) is 0 Å². The first-order valence-electron chi connectivity index (χ1n) is 5.30. The minimum absolute atomic E-state index is 0.0302. The molecule has 86 valence electrons. The number of rotatable bonds is 2. The van der Waals surface area contributed by atoms with Gasteiger partial charge in [-0.15, -0.1) is 0 Å². The van der Waals surface area contributed by atoms with Crippen LogP contribution in [0.5, 0.6) is 0 Å². The summed E-state index contributed by atoms with van der Waals surface area (Å²) in [5.74, 6) is 0.160. The first kappa shape index (κ1) is 11.9. The second-order valence-electron chi connectivity index (χ2n) is 3.99. The van der Waals surface area contributed by atoms with Crippen LogP contribution < -0.4 is 0 Å². The molecule has 0 saturated carbocycles. The number of amides is 1. The maximum Gasteiger partial charge on any atom is 0.236 e. The molecule has 0 bridgehead atoms. The molecule has 0 radical (unpaired) electrons. The summed E-state index contributed by atoms with van der Waals surface area (Å²) >= 11 is 9.51. The molecule has 0 aliphatic carbocycles. The van der Waals surface area contributed by atoms with Crippen LogP contribution in [-0.4, -0.2) is 22.2 Å². The normalized spacial score (nSPS) is 22.6. The molecule has 2 atom stereocenters. The summed E-state index contributed by atoms with van der Waals surface area (Å²) in [5.41, 5.74) is 1.01. The average molecular weight is 303 g/mol. The van der Waals surface area contributed by atoms with E-state index in [1.807, 2.05) is 36.1 Å². The first-order chi connectivity index (χ1) is 7.61. The molecule has 16 heavy (non-hydrogen) atoms. The van der Waals surface area contributed by atoms with E-state index in [1.54, 1.807) is 0 Å². The summed E-state index contributed by atoms with van der Waals surface area (Å²) in [6.07, 6.45) is 0.869. The smallest absolute Gasteiger partial charge is 0.236 e. The van der Waals surface area contributed by atoms with Gasteiger partial charge in [0.1, 0.15) is 0 Å². The summed E-state index contributed by atoms with van der Waals surface area (Å²) in [6, 6.07) is 7.73. The van der Waals surface area contributed by atoms with Crippen molar-refractivity contribution in [2.24, 2.45) is 0 Å². The Bertz CT molecular complexity index is 410. The second-order valence-corrected chi connectivity index (χ2v) is 5.50. The Balaban J connectivity index is 2.23. The maximum atomic E-state index is 11.9. The van der Waals surface area contributed by atoms with Crippen LogP contribution in [0, 0.1) is 0 Å². The standard InChI is InChI=1S/C12H13BrClNO/c1-8(9-4-2-3-5-11(9)14)15-7-6-10(13)12(15)16/h2-5,8,10H,6-7H2,1H3. The van der Waals surface area contributed by atoms with Crippen molar-refractivity contribution in [1.29, 1.82) is 0 Å². The molecule has 1 saturated heterocycles. The Labute approximate surface area is 109 Å². The molecule has 2 rings (SSSR count). The lowest BCUT2D eigenvalue weighted by Gasteiger charge is -2.25. The lowest BCUT2D eigenvalue weighted by atomic mass is 10.1. The summed E-state index contributed by atoms with van der Waals surface area (Å²) in [7, 11) is 0. The third kappa shape index (κ3) is 2.11. The van der Waals surface area contributed by atoms with Crippen LogP contribution in [-0.2, 0) is 4.79 Å². The third-order valence-corrected chi connectivity index (χ3v) is 4.19. The van der Waals surface area contributed by atoms with Crippen molar-refractivity contribution < 1.29 is 4.79 Å².